The third-order valence-electron chi connectivity index (χ3n) is 4.90. The predicted molar refractivity (Wildman–Crippen MR) is 107 cm³/mol. The summed E-state index contributed by atoms with van der Waals surface area (Å²) in [4.78, 5) is 12.7. The van der Waals surface area contributed by atoms with Crippen LogP contribution in [-0.2, 0) is 24.2 Å². The molecule has 1 atom stereocenters. The van der Waals surface area contributed by atoms with E-state index in [1.807, 2.05) is 6.92 Å². The Kier molecular flexibility index (Phi) is 5.48. The van der Waals surface area contributed by atoms with Crippen molar-refractivity contribution in [2.45, 2.75) is 19.3 Å². The van der Waals surface area contributed by atoms with E-state index in [0.29, 0.717) is 35.0 Å². The van der Waals surface area contributed by atoms with Gasteiger partial charge in [-0.3, -0.25) is 0 Å². The highest BCUT2D eigenvalue weighted by molar-refractivity contribution is 7.81. The van der Waals surface area contributed by atoms with Gasteiger partial charge in [0.2, 0.25) is 6.79 Å². The first-order valence-corrected chi connectivity index (χ1v) is 10.8. The lowest BCUT2D eigenvalue weighted by Gasteiger charge is -2.16. The molecule has 10 heteroatoms. The molecule has 0 bridgehead atoms. The van der Waals surface area contributed by atoms with Gasteiger partial charge in [-0.05, 0) is 41.8 Å². The second kappa shape index (κ2) is 8.10. The topological polar surface area (TPSA) is 97.4 Å². The van der Waals surface area contributed by atoms with Crippen molar-refractivity contribution in [1.29, 1.82) is 0 Å². The second-order valence-corrected chi connectivity index (χ2v) is 7.81. The molecule has 0 N–H and O–H groups in total. The van der Waals surface area contributed by atoms with Crippen LogP contribution in [0.3, 0.4) is 0 Å². The number of carbonyl (C=O) groups is 1. The molecule has 8 nitrogen and oxygen atoms in total. The summed E-state index contributed by atoms with van der Waals surface area (Å²) in [6, 6.07) is 9.94. The second-order valence-electron chi connectivity index (χ2n) is 6.85. The largest absolute Gasteiger partial charge is 0.494 e. The zero-order valence-corrected chi connectivity index (χ0v) is 17.5. The summed E-state index contributed by atoms with van der Waals surface area (Å²) < 4.78 is 62.2. The van der Waals surface area contributed by atoms with Gasteiger partial charge in [-0.1, -0.05) is 22.9 Å². The quantitative estimate of drug-likeness (QED) is 0.467. The maximum Gasteiger partial charge on any atom is 0.488 e. The van der Waals surface area contributed by atoms with E-state index >= 15 is 0 Å². The molecule has 0 unspecified atom stereocenters. The number of carbonyl (C=O) groups excluding carboxylic acids is 1. The average Bonchev–Trinajstić information content (AvgIpc) is 3.32. The molecule has 1 heterocycles. The third-order valence-corrected chi connectivity index (χ3v) is 5.27. The molecule has 0 amide bonds. The maximum atomic E-state index is 13.6. The first-order chi connectivity index (χ1) is 14.8. The molecule has 1 aliphatic heterocycles. The van der Waals surface area contributed by atoms with E-state index in [2.05, 4.69) is 4.18 Å². The van der Waals surface area contributed by atoms with Gasteiger partial charge in [0.25, 0.3) is 0 Å². The third kappa shape index (κ3) is 4.02. The van der Waals surface area contributed by atoms with Gasteiger partial charge in [0.1, 0.15) is 5.75 Å². The summed E-state index contributed by atoms with van der Waals surface area (Å²) in [6.45, 7) is 2.42. The van der Waals surface area contributed by atoms with Crippen LogP contribution >= 0.6 is 0 Å². The Morgan fingerprint density at radius 1 is 1.16 bits per heavy atom. The number of ether oxygens (including phenoxy) is 4. The van der Waals surface area contributed by atoms with E-state index < -0.39 is 28.2 Å². The number of hydrogen-bond donors (Lipinski definition) is 0. The standard InChI is InChI=1S/C21H19FO8S/c1-3-8-27-13-5-6-14-15(10-13)20(30-31(22,24)25)19(21(23)26-2)18(14)12-4-7-16-17(9-12)29-11-28-16/h4-7,9-10,18H,3,8,11H2,1-2H3/t18-/m0/s1. The van der Waals surface area contributed by atoms with Gasteiger partial charge in [-0.15, -0.1) is 0 Å². The van der Waals surface area contributed by atoms with Crippen LogP contribution in [0.2, 0.25) is 0 Å². The van der Waals surface area contributed by atoms with Crippen LogP contribution in [0, 0.1) is 0 Å². The Balaban J connectivity index is 1.91. The Hall–Kier alpha value is -3.27. The van der Waals surface area contributed by atoms with Crippen molar-refractivity contribution in [1.82, 2.24) is 0 Å². The molecule has 0 radical (unpaired) electrons. The number of fused-ring (bicyclic) bond motifs is 2. The molecule has 0 fully saturated rings. The van der Waals surface area contributed by atoms with Crippen molar-refractivity contribution in [2.75, 3.05) is 20.5 Å². The number of esters is 1. The Morgan fingerprint density at radius 3 is 2.65 bits per heavy atom. The van der Waals surface area contributed by atoms with Crippen molar-refractivity contribution in [2.24, 2.45) is 0 Å². The smallest absolute Gasteiger partial charge is 0.488 e. The molecule has 0 spiro atoms. The molecule has 1 aliphatic carbocycles. The van der Waals surface area contributed by atoms with Crippen LogP contribution in [0.1, 0.15) is 36.0 Å². The van der Waals surface area contributed by atoms with Gasteiger partial charge < -0.3 is 23.1 Å². The van der Waals surface area contributed by atoms with Crippen LogP contribution in [-0.4, -0.2) is 34.9 Å². The van der Waals surface area contributed by atoms with E-state index in [-0.39, 0.29) is 17.9 Å². The fourth-order valence-electron chi connectivity index (χ4n) is 3.67. The lowest BCUT2D eigenvalue weighted by atomic mass is 9.88. The average molecular weight is 450 g/mol. The van der Waals surface area contributed by atoms with E-state index in [4.69, 9.17) is 18.9 Å². The summed E-state index contributed by atoms with van der Waals surface area (Å²) in [7, 11) is -4.28. The first kappa shape index (κ1) is 21.0. The van der Waals surface area contributed by atoms with Crippen molar-refractivity contribution >= 4 is 22.2 Å². The number of halogens is 1. The highest BCUT2D eigenvalue weighted by Gasteiger charge is 2.41. The molecule has 4 rings (SSSR count). The number of methoxy groups -OCH3 is 1. The van der Waals surface area contributed by atoms with E-state index in [1.54, 1.807) is 30.3 Å². The Morgan fingerprint density at radius 2 is 1.94 bits per heavy atom. The Labute approximate surface area is 178 Å². The van der Waals surface area contributed by atoms with Crippen LogP contribution in [0.25, 0.3) is 5.76 Å². The van der Waals surface area contributed by atoms with Crippen molar-refractivity contribution in [3.8, 4) is 17.2 Å². The predicted octanol–water partition coefficient (Wildman–Crippen LogP) is 3.46. The minimum absolute atomic E-state index is 0.0618. The van der Waals surface area contributed by atoms with Gasteiger partial charge in [0.15, 0.2) is 17.3 Å². The maximum absolute atomic E-state index is 13.6. The van der Waals surface area contributed by atoms with Gasteiger partial charge in [-0.2, -0.15) is 8.42 Å². The summed E-state index contributed by atoms with van der Waals surface area (Å²) in [5.74, 6) is -0.639. The monoisotopic (exact) mass is 450 g/mol. The normalized spacial score (nSPS) is 16.8. The zero-order chi connectivity index (χ0) is 22.2. The van der Waals surface area contributed by atoms with Gasteiger partial charge >= 0.3 is 16.5 Å². The minimum atomic E-state index is -5.42. The van der Waals surface area contributed by atoms with Gasteiger partial charge in [0, 0.05) is 11.5 Å². The van der Waals surface area contributed by atoms with Crippen molar-refractivity contribution < 1.29 is 40.2 Å². The SMILES string of the molecule is CCCOc1ccc2c(c1)C(OS(=O)(=O)F)=C(C(=O)OC)[C@H]2c1ccc2c(c1)OCO2. The fraction of sp³-hybridized carbons (Fsp3) is 0.286. The molecule has 164 valence electrons. The van der Waals surface area contributed by atoms with Crippen LogP contribution < -0.4 is 14.2 Å². The first-order valence-electron chi connectivity index (χ1n) is 9.45. The molecule has 2 aromatic carbocycles. The van der Waals surface area contributed by atoms with Crippen LogP contribution in [0.15, 0.2) is 42.0 Å². The molecule has 0 aromatic heterocycles. The molecule has 0 saturated carbocycles. The molecule has 2 aromatic rings. The minimum Gasteiger partial charge on any atom is -0.494 e. The number of rotatable bonds is 7. The van der Waals surface area contributed by atoms with Gasteiger partial charge in [0.05, 0.1) is 19.3 Å². The summed E-state index contributed by atoms with van der Waals surface area (Å²) in [6.07, 6.45) is 0.752. The van der Waals surface area contributed by atoms with Crippen molar-refractivity contribution in [3.63, 3.8) is 0 Å². The molecule has 0 saturated heterocycles. The number of hydrogen-bond acceptors (Lipinski definition) is 8. The highest BCUT2D eigenvalue weighted by atomic mass is 32.3. The zero-order valence-electron chi connectivity index (χ0n) is 16.7. The summed E-state index contributed by atoms with van der Waals surface area (Å²) in [5, 5.41) is 0. The van der Waals surface area contributed by atoms with Crippen LogP contribution in [0.5, 0.6) is 17.2 Å². The van der Waals surface area contributed by atoms with E-state index in [0.717, 1.165) is 13.5 Å². The number of benzene rings is 2. The lowest BCUT2D eigenvalue weighted by molar-refractivity contribution is -0.136. The molecule has 31 heavy (non-hydrogen) atoms. The lowest BCUT2D eigenvalue weighted by Crippen LogP contribution is -2.13. The van der Waals surface area contributed by atoms with E-state index in [1.165, 1.54) is 6.07 Å². The summed E-state index contributed by atoms with van der Waals surface area (Å²) in [5.41, 5.74) is 1.19. The van der Waals surface area contributed by atoms with Crippen molar-refractivity contribution in [3.05, 3.63) is 58.7 Å². The molecular weight excluding hydrogens is 431 g/mol. The fourth-order valence-corrected chi connectivity index (χ4v) is 4.05. The highest BCUT2D eigenvalue weighted by Crippen LogP contribution is 2.49. The summed E-state index contributed by atoms with van der Waals surface area (Å²) >= 11 is 0. The molecular formula is C21H19FO8S. The van der Waals surface area contributed by atoms with E-state index in [9.17, 15) is 17.1 Å². The van der Waals surface area contributed by atoms with Crippen LogP contribution in [0.4, 0.5) is 3.89 Å². The van der Waals surface area contributed by atoms with Gasteiger partial charge in [-0.25, -0.2) is 4.79 Å². The molecule has 2 aliphatic rings. The Bertz CT molecular complexity index is 1170.